The molecule has 4 heteroatoms. The van der Waals surface area contributed by atoms with Gasteiger partial charge in [-0.1, -0.05) is 45.7 Å². The first kappa shape index (κ1) is 14.4. The van der Waals surface area contributed by atoms with Crippen LogP contribution in [0.4, 0.5) is 0 Å². The SMILES string of the molecule is COc1ccc(Br)c(CC(N)c2ccccc2Cl)c1. The molecule has 0 saturated carbocycles. The first-order valence-electron chi connectivity index (χ1n) is 5.94. The van der Waals surface area contributed by atoms with E-state index < -0.39 is 0 Å². The Labute approximate surface area is 126 Å². The number of hydrogen-bond donors (Lipinski definition) is 1. The van der Waals surface area contributed by atoms with Gasteiger partial charge < -0.3 is 10.5 Å². The molecule has 0 spiro atoms. The van der Waals surface area contributed by atoms with Crippen molar-refractivity contribution < 1.29 is 4.74 Å². The smallest absolute Gasteiger partial charge is 0.119 e. The number of nitrogens with two attached hydrogens (primary N) is 1. The summed E-state index contributed by atoms with van der Waals surface area (Å²) in [5, 5.41) is 0.703. The zero-order valence-electron chi connectivity index (χ0n) is 10.6. The number of methoxy groups -OCH3 is 1. The Kier molecular flexibility index (Phi) is 4.86. The molecule has 0 bridgehead atoms. The van der Waals surface area contributed by atoms with E-state index >= 15 is 0 Å². The van der Waals surface area contributed by atoms with Crippen LogP contribution in [-0.4, -0.2) is 7.11 Å². The third kappa shape index (κ3) is 3.50. The molecule has 0 saturated heterocycles. The molecular weight excluding hydrogens is 326 g/mol. The lowest BCUT2D eigenvalue weighted by Gasteiger charge is -2.15. The summed E-state index contributed by atoms with van der Waals surface area (Å²) in [4.78, 5) is 0. The van der Waals surface area contributed by atoms with Crippen molar-refractivity contribution in [3.63, 3.8) is 0 Å². The fourth-order valence-electron chi connectivity index (χ4n) is 1.96. The summed E-state index contributed by atoms with van der Waals surface area (Å²) in [5.74, 6) is 0.824. The van der Waals surface area contributed by atoms with Crippen LogP contribution in [0.15, 0.2) is 46.9 Å². The Morgan fingerprint density at radius 3 is 2.68 bits per heavy atom. The van der Waals surface area contributed by atoms with E-state index in [-0.39, 0.29) is 6.04 Å². The lowest BCUT2D eigenvalue weighted by atomic mass is 9.99. The number of hydrogen-bond acceptors (Lipinski definition) is 2. The second kappa shape index (κ2) is 6.42. The minimum atomic E-state index is -0.142. The summed E-state index contributed by atoms with van der Waals surface area (Å²) in [6.45, 7) is 0. The average Bonchev–Trinajstić information content (AvgIpc) is 2.41. The van der Waals surface area contributed by atoms with Crippen LogP contribution in [0.2, 0.25) is 5.02 Å². The van der Waals surface area contributed by atoms with Gasteiger partial charge in [0.1, 0.15) is 5.75 Å². The van der Waals surface area contributed by atoms with Gasteiger partial charge in [-0.25, -0.2) is 0 Å². The summed E-state index contributed by atoms with van der Waals surface area (Å²) in [5.41, 5.74) is 8.30. The van der Waals surface area contributed by atoms with Gasteiger partial charge in [0.15, 0.2) is 0 Å². The molecule has 2 N–H and O–H groups in total. The van der Waals surface area contributed by atoms with Gasteiger partial charge in [-0.2, -0.15) is 0 Å². The standard InChI is InChI=1S/C15H15BrClNO/c1-19-11-6-7-13(16)10(8-11)9-15(18)12-4-2-3-5-14(12)17/h2-8,15H,9,18H2,1H3. The van der Waals surface area contributed by atoms with Crippen LogP contribution in [-0.2, 0) is 6.42 Å². The monoisotopic (exact) mass is 339 g/mol. The third-order valence-electron chi connectivity index (χ3n) is 3.00. The van der Waals surface area contributed by atoms with Crippen molar-refractivity contribution in [1.82, 2.24) is 0 Å². The second-order valence-corrected chi connectivity index (χ2v) is 5.55. The Hall–Kier alpha value is -1.03. The zero-order chi connectivity index (χ0) is 13.8. The highest BCUT2D eigenvalue weighted by Gasteiger charge is 2.12. The Bertz CT molecular complexity index is 574. The molecule has 2 nitrogen and oxygen atoms in total. The topological polar surface area (TPSA) is 35.2 Å². The maximum atomic E-state index is 6.24. The third-order valence-corrected chi connectivity index (χ3v) is 4.12. The molecule has 0 aliphatic heterocycles. The molecule has 100 valence electrons. The van der Waals surface area contributed by atoms with E-state index in [1.165, 1.54) is 0 Å². The van der Waals surface area contributed by atoms with Crippen LogP contribution in [0, 0.1) is 0 Å². The molecule has 0 heterocycles. The molecule has 0 aliphatic rings. The Morgan fingerprint density at radius 2 is 2.00 bits per heavy atom. The molecular formula is C15H15BrClNO. The maximum Gasteiger partial charge on any atom is 0.119 e. The van der Waals surface area contributed by atoms with Gasteiger partial charge in [-0.3, -0.25) is 0 Å². The van der Waals surface area contributed by atoms with E-state index in [0.29, 0.717) is 11.4 Å². The van der Waals surface area contributed by atoms with Gasteiger partial charge in [-0.05, 0) is 41.8 Å². The van der Waals surface area contributed by atoms with E-state index in [4.69, 9.17) is 22.1 Å². The first-order valence-corrected chi connectivity index (χ1v) is 7.11. The van der Waals surface area contributed by atoms with Crippen molar-refractivity contribution >= 4 is 27.5 Å². The van der Waals surface area contributed by atoms with E-state index in [1.54, 1.807) is 7.11 Å². The lowest BCUT2D eigenvalue weighted by molar-refractivity contribution is 0.414. The summed E-state index contributed by atoms with van der Waals surface area (Å²) < 4.78 is 6.26. The lowest BCUT2D eigenvalue weighted by Crippen LogP contribution is -2.14. The van der Waals surface area contributed by atoms with Crippen molar-refractivity contribution in [3.05, 3.63) is 63.1 Å². The van der Waals surface area contributed by atoms with Gasteiger partial charge >= 0.3 is 0 Å². The summed E-state index contributed by atoms with van der Waals surface area (Å²) in [6.07, 6.45) is 0.696. The van der Waals surface area contributed by atoms with Crippen molar-refractivity contribution in [2.75, 3.05) is 7.11 Å². The van der Waals surface area contributed by atoms with Crippen molar-refractivity contribution in [2.45, 2.75) is 12.5 Å². The van der Waals surface area contributed by atoms with Crippen LogP contribution < -0.4 is 10.5 Å². The van der Waals surface area contributed by atoms with Gasteiger partial charge in [0, 0.05) is 15.5 Å². The highest BCUT2D eigenvalue weighted by molar-refractivity contribution is 9.10. The predicted molar refractivity (Wildman–Crippen MR) is 82.8 cm³/mol. The van der Waals surface area contributed by atoms with Crippen LogP contribution in [0.25, 0.3) is 0 Å². The van der Waals surface area contributed by atoms with Crippen LogP contribution >= 0.6 is 27.5 Å². The highest BCUT2D eigenvalue weighted by atomic mass is 79.9. The van der Waals surface area contributed by atoms with Gasteiger partial charge in [0.05, 0.1) is 7.11 Å². The largest absolute Gasteiger partial charge is 0.497 e. The molecule has 1 unspecified atom stereocenters. The van der Waals surface area contributed by atoms with Crippen LogP contribution in [0.1, 0.15) is 17.2 Å². The molecule has 2 aromatic carbocycles. The molecule has 0 amide bonds. The zero-order valence-corrected chi connectivity index (χ0v) is 12.9. The molecule has 0 fully saturated rings. The van der Waals surface area contributed by atoms with Crippen LogP contribution in [0.5, 0.6) is 5.75 Å². The van der Waals surface area contributed by atoms with Crippen LogP contribution in [0.3, 0.4) is 0 Å². The average molecular weight is 341 g/mol. The van der Waals surface area contributed by atoms with E-state index in [0.717, 1.165) is 21.3 Å². The van der Waals surface area contributed by atoms with E-state index in [9.17, 15) is 0 Å². The molecule has 2 rings (SSSR count). The normalized spacial score (nSPS) is 12.2. The van der Waals surface area contributed by atoms with Gasteiger partial charge in [-0.15, -0.1) is 0 Å². The van der Waals surface area contributed by atoms with E-state index in [1.807, 2.05) is 42.5 Å². The summed E-state index contributed by atoms with van der Waals surface area (Å²) in [6, 6.07) is 13.4. The number of ether oxygens (including phenoxy) is 1. The Morgan fingerprint density at radius 1 is 1.26 bits per heavy atom. The first-order chi connectivity index (χ1) is 9.11. The predicted octanol–water partition coefficient (Wildman–Crippen LogP) is 4.35. The molecule has 2 aromatic rings. The number of halogens is 2. The quantitative estimate of drug-likeness (QED) is 0.898. The van der Waals surface area contributed by atoms with Gasteiger partial charge in [0.2, 0.25) is 0 Å². The van der Waals surface area contributed by atoms with E-state index in [2.05, 4.69) is 15.9 Å². The number of benzene rings is 2. The fraction of sp³-hybridized carbons (Fsp3) is 0.200. The molecule has 19 heavy (non-hydrogen) atoms. The number of rotatable bonds is 4. The van der Waals surface area contributed by atoms with Crippen molar-refractivity contribution in [1.29, 1.82) is 0 Å². The fourth-order valence-corrected chi connectivity index (χ4v) is 2.64. The minimum absolute atomic E-state index is 0.142. The summed E-state index contributed by atoms with van der Waals surface area (Å²) >= 11 is 9.70. The highest BCUT2D eigenvalue weighted by Crippen LogP contribution is 2.28. The summed E-state index contributed by atoms with van der Waals surface area (Å²) in [7, 11) is 1.65. The Balaban J connectivity index is 2.24. The second-order valence-electron chi connectivity index (χ2n) is 4.29. The van der Waals surface area contributed by atoms with Crippen molar-refractivity contribution in [3.8, 4) is 5.75 Å². The molecule has 0 aliphatic carbocycles. The molecule has 0 aromatic heterocycles. The maximum absolute atomic E-state index is 6.24. The van der Waals surface area contributed by atoms with Gasteiger partial charge in [0.25, 0.3) is 0 Å². The minimum Gasteiger partial charge on any atom is -0.497 e. The molecule has 1 atom stereocenters. The van der Waals surface area contributed by atoms with Crippen molar-refractivity contribution in [2.24, 2.45) is 5.73 Å². The molecule has 0 radical (unpaired) electrons.